The molecule has 0 radical (unpaired) electrons. The van der Waals surface area contributed by atoms with Gasteiger partial charge in [0.2, 0.25) is 0 Å². The Kier molecular flexibility index (Phi) is 3.68. The molecule has 0 saturated heterocycles. The van der Waals surface area contributed by atoms with Gasteiger partial charge in [-0.2, -0.15) is 0 Å². The monoisotopic (exact) mass is 328 g/mol. The largest absolute Gasteiger partial charge is 0.491 e. The van der Waals surface area contributed by atoms with Crippen molar-refractivity contribution in [3.05, 3.63) is 77.9 Å². The Morgan fingerprint density at radius 2 is 1.36 bits per heavy atom. The number of rotatable bonds is 3. The first-order valence-electron chi connectivity index (χ1n) is 8.98. The Morgan fingerprint density at radius 1 is 0.720 bits per heavy atom. The number of fused-ring (bicyclic) bond motifs is 3. The van der Waals surface area contributed by atoms with Gasteiger partial charge in [0.1, 0.15) is 5.75 Å². The molecule has 0 unspecified atom stereocenters. The van der Waals surface area contributed by atoms with Crippen LogP contribution in [0, 0.1) is 0 Å². The zero-order valence-corrected chi connectivity index (χ0v) is 15.3. The van der Waals surface area contributed by atoms with Crippen LogP contribution in [0.1, 0.15) is 38.8 Å². The molecule has 126 valence electrons. The summed E-state index contributed by atoms with van der Waals surface area (Å²) in [6, 6.07) is 24.0. The van der Waals surface area contributed by atoms with Gasteiger partial charge in [-0.1, -0.05) is 62.4 Å². The van der Waals surface area contributed by atoms with Crippen LogP contribution in [-0.2, 0) is 5.41 Å². The van der Waals surface area contributed by atoms with Gasteiger partial charge in [0.05, 0.1) is 6.10 Å². The van der Waals surface area contributed by atoms with Crippen molar-refractivity contribution in [1.82, 2.24) is 0 Å². The molecule has 4 rings (SSSR count). The van der Waals surface area contributed by atoms with Crippen LogP contribution in [0.3, 0.4) is 0 Å². The fourth-order valence-electron chi connectivity index (χ4n) is 3.88. The number of hydrogen-bond acceptors (Lipinski definition) is 1. The Balaban J connectivity index is 1.75. The first-order valence-corrected chi connectivity index (χ1v) is 8.98. The molecule has 0 aliphatic heterocycles. The third kappa shape index (κ3) is 2.64. The van der Waals surface area contributed by atoms with Crippen LogP contribution in [0.4, 0.5) is 0 Å². The van der Waals surface area contributed by atoms with Crippen molar-refractivity contribution in [1.29, 1.82) is 0 Å². The molecule has 1 aliphatic rings. The van der Waals surface area contributed by atoms with Crippen LogP contribution >= 0.6 is 0 Å². The summed E-state index contributed by atoms with van der Waals surface area (Å²) < 4.78 is 5.75. The molecule has 25 heavy (non-hydrogen) atoms. The molecule has 0 saturated carbocycles. The van der Waals surface area contributed by atoms with Gasteiger partial charge in [0.15, 0.2) is 0 Å². The van der Waals surface area contributed by atoms with Crippen molar-refractivity contribution in [3.8, 4) is 28.0 Å². The lowest BCUT2D eigenvalue weighted by molar-refractivity contribution is 0.242. The van der Waals surface area contributed by atoms with Gasteiger partial charge >= 0.3 is 0 Å². The molecular formula is C24H24O. The fraction of sp³-hybridized carbons (Fsp3) is 0.250. The summed E-state index contributed by atoms with van der Waals surface area (Å²) in [5.74, 6) is 0.924. The molecule has 0 aromatic heterocycles. The zero-order chi connectivity index (χ0) is 17.6. The second-order valence-electron chi connectivity index (χ2n) is 7.62. The lowest BCUT2D eigenvalue weighted by atomic mass is 9.81. The molecule has 3 aromatic carbocycles. The Labute approximate surface area is 150 Å². The number of ether oxygens (including phenoxy) is 1. The number of benzene rings is 3. The summed E-state index contributed by atoms with van der Waals surface area (Å²) in [7, 11) is 0. The first kappa shape index (κ1) is 16.0. The van der Waals surface area contributed by atoms with E-state index in [0.717, 1.165) is 5.75 Å². The van der Waals surface area contributed by atoms with E-state index in [-0.39, 0.29) is 11.5 Å². The molecule has 1 aliphatic carbocycles. The van der Waals surface area contributed by atoms with E-state index >= 15 is 0 Å². The number of hydrogen-bond donors (Lipinski definition) is 0. The van der Waals surface area contributed by atoms with E-state index in [1.54, 1.807) is 0 Å². The van der Waals surface area contributed by atoms with Crippen LogP contribution < -0.4 is 4.74 Å². The fourth-order valence-corrected chi connectivity index (χ4v) is 3.88. The van der Waals surface area contributed by atoms with E-state index in [1.165, 1.54) is 33.4 Å². The van der Waals surface area contributed by atoms with Crippen molar-refractivity contribution in [2.45, 2.75) is 39.2 Å². The highest BCUT2D eigenvalue weighted by atomic mass is 16.5. The van der Waals surface area contributed by atoms with Crippen LogP contribution in [0.2, 0.25) is 0 Å². The average molecular weight is 328 g/mol. The van der Waals surface area contributed by atoms with Crippen molar-refractivity contribution in [3.63, 3.8) is 0 Å². The van der Waals surface area contributed by atoms with Gasteiger partial charge in [-0.3, -0.25) is 0 Å². The minimum absolute atomic E-state index is 0.0443. The van der Waals surface area contributed by atoms with Crippen LogP contribution in [0.25, 0.3) is 22.3 Å². The topological polar surface area (TPSA) is 9.23 Å². The average Bonchev–Trinajstić information content (AvgIpc) is 2.83. The Morgan fingerprint density at radius 3 is 2.08 bits per heavy atom. The molecule has 0 atom stereocenters. The van der Waals surface area contributed by atoms with Crippen molar-refractivity contribution in [2.75, 3.05) is 0 Å². The predicted molar refractivity (Wildman–Crippen MR) is 105 cm³/mol. The smallest absolute Gasteiger partial charge is 0.119 e. The van der Waals surface area contributed by atoms with Gasteiger partial charge in [0.25, 0.3) is 0 Å². The summed E-state index contributed by atoms with van der Waals surface area (Å²) in [4.78, 5) is 0. The molecule has 3 aromatic rings. The van der Waals surface area contributed by atoms with Gasteiger partial charge in [-0.15, -0.1) is 0 Å². The van der Waals surface area contributed by atoms with Crippen LogP contribution in [0.5, 0.6) is 5.75 Å². The van der Waals surface area contributed by atoms with Crippen molar-refractivity contribution >= 4 is 0 Å². The second-order valence-corrected chi connectivity index (χ2v) is 7.62. The van der Waals surface area contributed by atoms with E-state index in [4.69, 9.17) is 4.74 Å². The van der Waals surface area contributed by atoms with Gasteiger partial charge < -0.3 is 4.74 Å². The normalized spacial score (nSPS) is 14.3. The van der Waals surface area contributed by atoms with Gasteiger partial charge in [0, 0.05) is 5.41 Å². The van der Waals surface area contributed by atoms with Crippen LogP contribution in [0.15, 0.2) is 66.7 Å². The van der Waals surface area contributed by atoms with Crippen molar-refractivity contribution < 1.29 is 4.74 Å². The molecule has 0 fully saturated rings. The maximum atomic E-state index is 5.75. The quantitative estimate of drug-likeness (QED) is 0.537. The Bertz CT molecular complexity index is 917. The highest BCUT2D eigenvalue weighted by Gasteiger charge is 2.35. The molecule has 1 heteroatoms. The van der Waals surface area contributed by atoms with E-state index in [0.29, 0.717) is 0 Å². The summed E-state index contributed by atoms with van der Waals surface area (Å²) >= 11 is 0. The van der Waals surface area contributed by atoms with E-state index in [2.05, 4.69) is 80.6 Å². The van der Waals surface area contributed by atoms with Crippen LogP contribution in [-0.4, -0.2) is 6.10 Å². The predicted octanol–water partition coefficient (Wildman–Crippen LogP) is 6.45. The highest BCUT2D eigenvalue weighted by Crippen LogP contribution is 2.49. The van der Waals surface area contributed by atoms with E-state index in [1.807, 2.05) is 13.8 Å². The standard InChI is InChI=1S/C24H24O/c1-16(2)25-19-12-9-17(10-13-19)18-11-14-21-20-7-5-6-8-22(20)24(3,4)23(21)15-18/h5-16H,1-4H3. The van der Waals surface area contributed by atoms with Crippen molar-refractivity contribution in [2.24, 2.45) is 0 Å². The van der Waals surface area contributed by atoms with E-state index < -0.39 is 0 Å². The first-order chi connectivity index (χ1) is 12.0. The maximum absolute atomic E-state index is 5.75. The molecule has 0 bridgehead atoms. The summed E-state index contributed by atoms with van der Waals surface area (Å²) in [6.45, 7) is 8.74. The zero-order valence-electron chi connectivity index (χ0n) is 15.3. The van der Waals surface area contributed by atoms with E-state index in [9.17, 15) is 0 Å². The molecule has 0 amide bonds. The molecule has 1 nitrogen and oxygen atoms in total. The SMILES string of the molecule is CC(C)Oc1ccc(-c2ccc3c(c2)C(C)(C)c2ccccc2-3)cc1. The highest BCUT2D eigenvalue weighted by molar-refractivity contribution is 5.83. The van der Waals surface area contributed by atoms with Gasteiger partial charge in [-0.05, 0) is 65.4 Å². The summed E-state index contributed by atoms with van der Waals surface area (Å²) in [6.07, 6.45) is 0.199. The third-order valence-corrected chi connectivity index (χ3v) is 5.14. The summed E-state index contributed by atoms with van der Waals surface area (Å²) in [5, 5.41) is 0. The third-order valence-electron chi connectivity index (χ3n) is 5.14. The molecular weight excluding hydrogens is 304 g/mol. The molecule has 0 N–H and O–H groups in total. The maximum Gasteiger partial charge on any atom is 0.119 e. The Hall–Kier alpha value is -2.54. The lowest BCUT2D eigenvalue weighted by Gasteiger charge is -2.22. The minimum atomic E-state index is 0.0443. The molecule has 0 heterocycles. The summed E-state index contributed by atoms with van der Waals surface area (Å²) in [5.41, 5.74) is 8.10. The second kappa shape index (κ2) is 5.77. The molecule has 0 spiro atoms. The van der Waals surface area contributed by atoms with Gasteiger partial charge in [-0.25, -0.2) is 0 Å². The minimum Gasteiger partial charge on any atom is -0.491 e. The lowest BCUT2D eigenvalue weighted by Crippen LogP contribution is -2.14.